The number of carbonyl (C=O) groups excluding carboxylic acids is 4. The van der Waals surface area contributed by atoms with Gasteiger partial charge < -0.3 is 20.5 Å². The zero-order valence-electron chi connectivity index (χ0n) is 16.8. The molecule has 1 aliphatic heterocycles. The Morgan fingerprint density at radius 2 is 1.81 bits per heavy atom. The Bertz CT molecular complexity index is 1050. The first-order valence-corrected chi connectivity index (χ1v) is 9.60. The van der Waals surface area contributed by atoms with Gasteiger partial charge in [0.15, 0.2) is 0 Å². The van der Waals surface area contributed by atoms with E-state index in [1.165, 1.54) is 25.2 Å². The number of nitrogens with one attached hydrogen (secondary N) is 2. The maximum atomic E-state index is 13.0. The van der Waals surface area contributed by atoms with Crippen molar-refractivity contribution in [2.24, 2.45) is 0 Å². The Labute approximate surface area is 178 Å². The summed E-state index contributed by atoms with van der Waals surface area (Å²) in [5.41, 5.74) is 1.73. The molecule has 9 nitrogen and oxygen atoms in total. The third-order valence-electron chi connectivity index (χ3n) is 5.06. The van der Waals surface area contributed by atoms with Crippen LogP contribution in [-0.2, 0) is 16.1 Å². The summed E-state index contributed by atoms with van der Waals surface area (Å²) in [6.45, 7) is 0.297. The van der Waals surface area contributed by atoms with E-state index in [0.29, 0.717) is 18.5 Å². The molecule has 0 aromatic heterocycles. The van der Waals surface area contributed by atoms with Crippen molar-refractivity contribution >= 4 is 35.7 Å². The second kappa shape index (κ2) is 9.21. The van der Waals surface area contributed by atoms with Gasteiger partial charge in [-0.3, -0.25) is 19.3 Å². The highest BCUT2D eigenvalue weighted by Gasteiger charge is 2.41. The van der Waals surface area contributed by atoms with E-state index in [1.54, 1.807) is 24.3 Å². The van der Waals surface area contributed by atoms with E-state index in [0.717, 1.165) is 10.5 Å². The van der Waals surface area contributed by atoms with Crippen molar-refractivity contribution in [3.63, 3.8) is 0 Å². The molecule has 0 aliphatic carbocycles. The lowest BCUT2D eigenvalue weighted by molar-refractivity contribution is -0.121. The molecule has 0 fully saturated rings. The van der Waals surface area contributed by atoms with Gasteiger partial charge in [0, 0.05) is 25.7 Å². The second-order valence-electron chi connectivity index (χ2n) is 6.98. The first kappa shape index (κ1) is 21.7. The van der Waals surface area contributed by atoms with Crippen molar-refractivity contribution in [2.45, 2.75) is 25.4 Å². The number of fused-ring (bicyclic) bond motifs is 1. The molecule has 1 aliphatic rings. The summed E-state index contributed by atoms with van der Waals surface area (Å²) in [5.74, 6) is -2.49. The molecule has 160 valence electrons. The monoisotopic (exact) mass is 423 g/mol. The van der Waals surface area contributed by atoms with Crippen LogP contribution in [0.1, 0.15) is 49.5 Å². The van der Waals surface area contributed by atoms with Crippen molar-refractivity contribution in [1.82, 2.24) is 10.2 Å². The maximum absolute atomic E-state index is 13.0. The van der Waals surface area contributed by atoms with Gasteiger partial charge in [-0.1, -0.05) is 18.2 Å². The van der Waals surface area contributed by atoms with Gasteiger partial charge >= 0.3 is 5.97 Å². The number of aromatic carboxylic acids is 1. The van der Waals surface area contributed by atoms with E-state index in [4.69, 9.17) is 5.11 Å². The van der Waals surface area contributed by atoms with Crippen LogP contribution in [0, 0.1) is 0 Å². The highest BCUT2D eigenvalue weighted by atomic mass is 16.4. The minimum Gasteiger partial charge on any atom is -0.478 e. The second-order valence-corrected chi connectivity index (χ2v) is 6.98. The highest BCUT2D eigenvalue weighted by Crippen LogP contribution is 2.31. The zero-order valence-corrected chi connectivity index (χ0v) is 16.8. The topological polar surface area (TPSA) is 133 Å². The SMILES string of the molecule is CNC(=O)CCC(C=O)N1C(=O)c2cccc(NCc3ccc(C(=O)O)cc3)c2C1=O. The lowest BCUT2D eigenvalue weighted by Crippen LogP contribution is -2.41. The summed E-state index contributed by atoms with van der Waals surface area (Å²) < 4.78 is 0. The van der Waals surface area contributed by atoms with Crippen LogP contribution in [0.3, 0.4) is 0 Å². The molecule has 31 heavy (non-hydrogen) atoms. The largest absolute Gasteiger partial charge is 0.478 e. The molecule has 3 amide bonds. The van der Waals surface area contributed by atoms with Crippen molar-refractivity contribution in [1.29, 1.82) is 0 Å². The number of benzene rings is 2. The Hall–Kier alpha value is -4.01. The van der Waals surface area contributed by atoms with Gasteiger partial charge in [0.25, 0.3) is 11.8 Å². The average molecular weight is 423 g/mol. The molecule has 0 radical (unpaired) electrons. The van der Waals surface area contributed by atoms with Crippen molar-refractivity contribution in [3.8, 4) is 0 Å². The molecule has 2 aromatic rings. The van der Waals surface area contributed by atoms with Gasteiger partial charge in [-0.2, -0.15) is 0 Å². The van der Waals surface area contributed by atoms with E-state index < -0.39 is 23.8 Å². The molecule has 1 unspecified atom stereocenters. The molecule has 0 spiro atoms. The number of imide groups is 1. The van der Waals surface area contributed by atoms with Crippen molar-refractivity contribution in [2.75, 3.05) is 12.4 Å². The number of carboxylic acids is 1. The molecular weight excluding hydrogens is 402 g/mol. The van der Waals surface area contributed by atoms with E-state index in [-0.39, 0.29) is 35.4 Å². The zero-order chi connectivity index (χ0) is 22.5. The Balaban J connectivity index is 1.79. The number of carboxylic acid groups (broad SMARTS) is 1. The smallest absolute Gasteiger partial charge is 0.335 e. The standard InChI is InChI=1S/C22H21N3O6/c1-23-18(27)10-9-15(12-26)25-20(28)16-3-2-4-17(19(16)21(25)29)24-11-13-5-7-14(8-6-13)22(30)31/h2-8,12,15,24H,9-11H2,1H3,(H,23,27)(H,30,31). The Kier molecular flexibility index (Phi) is 6.44. The molecule has 3 N–H and O–H groups in total. The predicted molar refractivity (Wildman–Crippen MR) is 111 cm³/mol. The molecule has 1 heterocycles. The first-order chi connectivity index (χ1) is 14.9. The van der Waals surface area contributed by atoms with Crippen LogP contribution in [0.25, 0.3) is 0 Å². The number of hydrogen-bond donors (Lipinski definition) is 3. The van der Waals surface area contributed by atoms with Crippen molar-refractivity contribution < 1.29 is 29.1 Å². The van der Waals surface area contributed by atoms with Crippen LogP contribution in [0.4, 0.5) is 5.69 Å². The number of amides is 3. The number of rotatable bonds is 9. The van der Waals surface area contributed by atoms with E-state index in [1.807, 2.05) is 0 Å². The fourth-order valence-corrected chi connectivity index (χ4v) is 3.38. The van der Waals surface area contributed by atoms with Gasteiger partial charge in [0.05, 0.1) is 22.7 Å². The van der Waals surface area contributed by atoms with Gasteiger partial charge in [0.2, 0.25) is 5.91 Å². The summed E-state index contributed by atoms with van der Waals surface area (Å²) in [4.78, 5) is 60.8. The third kappa shape index (κ3) is 4.45. The average Bonchev–Trinajstić information content (AvgIpc) is 3.04. The third-order valence-corrected chi connectivity index (χ3v) is 5.06. The quantitative estimate of drug-likeness (QED) is 0.413. The molecule has 0 saturated heterocycles. The summed E-state index contributed by atoms with van der Waals surface area (Å²) in [7, 11) is 1.47. The van der Waals surface area contributed by atoms with Crippen LogP contribution < -0.4 is 10.6 Å². The minimum atomic E-state index is -1.04. The maximum Gasteiger partial charge on any atom is 0.335 e. The Morgan fingerprint density at radius 3 is 2.42 bits per heavy atom. The van der Waals surface area contributed by atoms with E-state index in [2.05, 4.69) is 10.6 Å². The highest BCUT2D eigenvalue weighted by molar-refractivity contribution is 6.24. The van der Waals surface area contributed by atoms with Gasteiger partial charge in [-0.15, -0.1) is 0 Å². The summed E-state index contributed by atoms with van der Waals surface area (Å²) in [5, 5.41) is 14.5. The molecular formula is C22H21N3O6. The predicted octanol–water partition coefficient (Wildman–Crippen LogP) is 1.69. The number of hydrogen-bond acceptors (Lipinski definition) is 6. The summed E-state index contributed by atoms with van der Waals surface area (Å²) >= 11 is 0. The number of carbonyl (C=O) groups is 5. The van der Waals surface area contributed by atoms with E-state index in [9.17, 15) is 24.0 Å². The number of nitrogens with zero attached hydrogens (tertiary/aromatic N) is 1. The minimum absolute atomic E-state index is 0.00472. The molecule has 0 bridgehead atoms. The normalized spacial score (nSPS) is 13.5. The van der Waals surface area contributed by atoms with Crippen LogP contribution in [0.15, 0.2) is 42.5 Å². The van der Waals surface area contributed by atoms with Crippen LogP contribution >= 0.6 is 0 Å². The molecule has 1 atom stereocenters. The van der Waals surface area contributed by atoms with E-state index >= 15 is 0 Å². The van der Waals surface area contributed by atoms with Crippen molar-refractivity contribution in [3.05, 3.63) is 64.7 Å². The summed E-state index contributed by atoms with van der Waals surface area (Å²) in [6.07, 6.45) is 0.541. The molecule has 2 aromatic carbocycles. The fourth-order valence-electron chi connectivity index (χ4n) is 3.38. The first-order valence-electron chi connectivity index (χ1n) is 9.60. The Morgan fingerprint density at radius 1 is 1.10 bits per heavy atom. The number of anilines is 1. The molecule has 0 saturated carbocycles. The van der Waals surface area contributed by atoms with Crippen LogP contribution in [0.5, 0.6) is 0 Å². The molecule has 3 rings (SSSR count). The van der Waals surface area contributed by atoms with Crippen LogP contribution in [0.2, 0.25) is 0 Å². The number of aldehydes is 1. The molecule has 9 heteroatoms. The lowest BCUT2D eigenvalue weighted by atomic mass is 10.1. The lowest BCUT2D eigenvalue weighted by Gasteiger charge is -2.21. The van der Waals surface area contributed by atoms with Gasteiger partial charge in [-0.25, -0.2) is 4.79 Å². The van der Waals surface area contributed by atoms with Crippen LogP contribution in [-0.4, -0.2) is 53.1 Å². The summed E-state index contributed by atoms with van der Waals surface area (Å²) in [6, 6.07) is 10.0. The fraction of sp³-hybridized carbons (Fsp3) is 0.227. The van der Waals surface area contributed by atoms with Gasteiger partial charge in [0.1, 0.15) is 6.29 Å². The van der Waals surface area contributed by atoms with Gasteiger partial charge in [-0.05, 0) is 36.2 Å².